The van der Waals surface area contributed by atoms with Gasteiger partial charge in [0.25, 0.3) is 0 Å². The highest BCUT2D eigenvalue weighted by molar-refractivity contribution is 8.00. The lowest BCUT2D eigenvalue weighted by Gasteiger charge is -2.50. The molecule has 47 heavy (non-hydrogen) atoms. The van der Waals surface area contributed by atoms with Crippen LogP contribution in [-0.2, 0) is 30.3 Å². The largest absolute Gasteiger partial charge is 0.496 e. The molecule has 2 aromatic carbocycles. The minimum atomic E-state index is -1.47. The van der Waals surface area contributed by atoms with Gasteiger partial charge in [0, 0.05) is 32.0 Å². The number of ether oxygens (including phenoxy) is 6. The predicted octanol–water partition coefficient (Wildman–Crippen LogP) is 8.63. The monoisotopic (exact) mass is 674 g/mol. The molecular formula is C39H62O7S. The number of methoxy groups -OCH3 is 1. The molecule has 1 aliphatic heterocycles. The molecular weight excluding hydrogens is 612 g/mol. The van der Waals surface area contributed by atoms with Crippen LogP contribution in [0.25, 0.3) is 0 Å². The van der Waals surface area contributed by atoms with Crippen LogP contribution in [0.4, 0.5) is 0 Å². The molecule has 1 fully saturated rings. The smallest absolute Gasteiger partial charge is 0.168 e. The summed E-state index contributed by atoms with van der Waals surface area (Å²) in [4.78, 5) is -1.47. The first kappa shape index (κ1) is 39.6. The van der Waals surface area contributed by atoms with Crippen LogP contribution < -0.4 is 9.47 Å². The first-order valence-electron chi connectivity index (χ1n) is 18.1. The van der Waals surface area contributed by atoms with Gasteiger partial charge < -0.3 is 33.5 Å². The summed E-state index contributed by atoms with van der Waals surface area (Å²) in [6.07, 6.45) is 7.11. The van der Waals surface area contributed by atoms with Crippen LogP contribution in [0.15, 0.2) is 36.4 Å². The molecule has 266 valence electrons. The number of aliphatic hydroxyl groups is 1. The van der Waals surface area contributed by atoms with Crippen molar-refractivity contribution in [3.8, 4) is 11.5 Å². The van der Waals surface area contributed by atoms with E-state index in [1.165, 1.54) is 17.3 Å². The molecule has 0 saturated carbocycles. The van der Waals surface area contributed by atoms with Crippen molar-refractivity contribution in [2.75, 3.05) is 46.8 Å². The van der Waals surface area contributed by atoms with Gasteiger partial charge in [-0.2, -0.15) is 0 Å². The molecule has 1 heterocycles. The van der Waals surface area contributed by atoms with Crippen LogP contribution in [0.5, 0.6) is 11.5 Å². The van der Waals surface area contributed by atoms with E-state index >= 15 is 0 Å². The molecule has 7 nitrogen and oxygen atoms in total. The molecule has 8 heteroatoms. The van der Waals surface area contributed by atoms with Crippen LogP contribution in [0.1, 0.15) is 108 Å². The Balaban J connectivity index is 2.12. The third kappa shape index (κ3) is 11.4. The Bertz CT molecular complexity index is 1140. The first-order chi connectivity index (χ1) is 22.9. The first-order valence-corrected chi connectivity index (χ1v) is 19.0. The summed E-state index contributed by atoms with van der Waals surface area (Å²) in [5.74, 6) is 1.50. The average Bonchev–Trinajstić information content (AvgIpc) is 3.07. The number of rotatable bonds is 23. The zero-order valence-electron chi connectivity index (χ0n) is 30.2. The molecule has 1 saturated heterocycles. The fraction of sp³-hybridized carbons (Fsp3) is 0.692. The molecule has 2 aromatic rings. The molecule has 0 bridgehead atoms. The standard InChI is InChI=1S/C39H62O7S/c1-8-13-21-42-28-35-36(44-22-14-9-2)37(45-23-15-10-3)38(46-24-16-11-4)39(40,47-35)33-27-31(29(6)25-34(33)41-7)26-30-17-19-32(20-18-30)43-12-5/h17-20,25,27,35-38,40H,8-16,21-24,26,28H2,1-7H3/t35-,36-,37+,38-,39?/m1/s1. The highest BCUT2D eigenvalue weighted by Gasteiger charge is 2.57. The lowest BCUT2D eigenvalue weighted by Crippen LogP contribution is -2.61. The van der Waals surface area contributed by atoms with E-state index in [1.807, 2.05) is 25.1 Å². The number of thioether (sulfide) groups is 1. The maximum absolute atomic E-state index is 13.1. The van der Waals surface area contributed by atoms with Crippen molar-refractivity contribution < 1.29 is 33.5 Å². The second kappa shape index (κ2) is 21.3. The van der Waals surface area contributed by atoms with E-state index in [1.54, 1.807) is 7.11 Å². The number of unbranched alkanes of at least 4 members (excludes halogenated alkanes) is 4. The van der Waals surface area contributed by atoms with Gasteiger partial charge in [0.15, 0.2) is 4.93 Å². The van der Waals surface area contributed by atoms with Crippen molar-refractivity contribution in [1.82, 2.24) is 0 Å². The zero-order valence-corrected chi connectivity index (χ0v) is 31.0. The zero-order chi connectivity index (χ0) is 34.1. The lowest BCUT2D eigenvalue weighted by molar-refractivity contribution is -0.190. The van der Waals surface area contributed by atoms with Crippen LogP contribution in [-0.4, -0.2) is 75.4 Å². The molecule has 0 radical (unpaired) electrons. The fourth-order valence-electron chi connectivity index (χ4n) is 5.89. The maximum atomic E-state index is 13.1. The molecule has 1 aliphatic rings. The van der Waals surface area contributed by atoms with E-state index in [4.69, 9.17) is 28.4 Å². The molecule has 0 spiro atoms. The second-order valence-corrected chi connectivity index (χ2v) is 14.0. The third-order valence-corrected chi connectivity index (χ3v) is 10.2. The van der Waals surface area contributed by atoms with Gasteiger partial charge in [0.1, 0.15) is 29.8 Å². The normalized spacial score (nSPS) is 22.8. The Kier molecular flexibility index (Phi) is 18.0. The highest BCUT2D eigenvalue weighted by atomic mass is 32.2. The number of hydrogen-bond donors (Lipinski definition) is 1. The van der Waals surface area contributed by atoms with E-state index in [9.17, 15) is 5.11 Å². The Morgan fingerprint density at radius 1 is 0.766 bits per heavy atom. The SMILES string of the molecule is CCCCOC[C@H]1SC(O)(c2cc(Cc3ccc(OCC)cc3)c(C)cc2OC)[C@H](OCCCC)[C@@H](OCCCC)[C@@H]1OCCCC. The summed E-state index contributed by atoms with van der Waals surface area (Å²) in [6.45, 7) is 16.2. The summed E-state index contributed by atoms with van der Waals surface area (Å²) in [5, 5.41) is 13.0. The van der Waals surface area contributed by atoms with Gasteiger partial charge in [-0.15, -0.1) is 11.8 Å². The van der Waals surface area contributed by atoms with E-state index < -0.39 is 17.1 Å². The van der Waals surface area contributed by atoms with Gasteiger partial charge in [0.05, 0.1) is 25.6 Å². The quantitative estimate of drug-likeness (QED) is 0.118. The van der Waals surface area contributed by atoms with Crippen molar-refractivity contribution in [2.24, 2.45) is 0 Å². The van der Waals surface area contributed by atoms with Crippen molar-refractivity contribution in [1.29, 1.82) is 0 Å². The van der Waals surface area contributed by atoms with E-state index in [2.05, 4.69) is 52.8 Å². The van der Waals surface area contributed by atoms with Gasteiger partial charge in [-0.25, -0.2) is 0 Å². The summed E-state index contributed by atoms with van der Waals surface area (Å²) in [7, 11) is 1.67. The van der Waals surface area contributed by atoms with Gasteiger partial charge in [-0.05, 0) is 86.9 Å². The van der Waals surface area contributed by atoms with Gasteiger partial charge >= 0.3 is 0 Å². The lowest BCUT2D eigenvalue weighted by atomic mass is 9.89. The van der Waals surface area contributed by atoms with Crippen molar-refractivity contribution >= 4 is 11.8 Å². The van der Waals surface area contributed by atoms with Gasteiger partial charge in [-0.3, -0.25) is 0 Å². The van der Waals surface area contributed by atoms with E-state index in [0.29, 0.717) is 57.4 Å². The van der Waals surface area contributed by atoms with Crippen molar-refractivity contribution in [3.05, 3.63) is 58.7 Å². The van der Waals surface area contributed by atoms with Crippen molar-refractivity contribution in [2.45, 2.75) is 128 Å². The summed E-state index contributed by atoms with van der Waals surface area (Å²) >= 11 is 1.48. The fourth-order valence-corrected chi connectivity index (χ4v) is 7.51. The van der Waals surface area contributed by atoms with Crippen molar-refractivity contribution in [3.63, 3.8) is 0 Å². The Morgan fingerprint density at radius 3 is 1.96 bits per heavy atom. The van der Waals surface area contributed by atoms with Crippen LogP contribution >= 0.6 is 11.8 Å². The molecule has 3 rings (SSSR count). The Labute approximate surface area is 289 Å². The topological polar surface area (TPSA) is 75.6 Å². The molecule has 0 amide bonds. The summed E-state index contributed by atoms with van der Waals surface area (Å²) in [5.41, 5.74) is 4.09. The summed E-state index contributed by atoms with van der Waals surface area (Å²) < 4.78 is 38.0. The van der Waals surface area contributed by atoms with Crippen LogP contribution in [0, 0.1) is 6.92 Å². The van der Waals surface area contributed by atoms with Crippen LogP contribution in [0.3, 0.4) is 0 Å². The van der Waals surface area contributed by atoms with E-state index in [-0.39, 0.29) is 11.4 Å². The van der Waals surface area contributed by atoms with Crippen LogP contribution in [0.2, 0.25) is 0 Å². The highest BCUT2D eigenvalue weighted by Crippen LogP contribution is 2.52. The average molecular weight is 675 g/mol. The molecule has 0 aliphatic carbocycles. The Morgan fingerprint density at radius 2 is 1.36 bits per heavy atom. The molecule has 0 aromatic heterocycles. The minimum Gasteiger partial charge on any atom is -0.496 e. The van der Waals surface area contributed by atoms with Gasteiger partial charge in [-0.1, -0.05) is 65.5 Å². The number of hydrogen-bond acceptors (Lipinski definition) is 8. The third-order valence-electron chi connectivity index (χ3n) is 8.71. The molecule has 1 N–H and O–H groups in total. The Hall–Kier alpha value is -1.81. The number of benzene rings is 2. The predicted molar refractivity (Wildman–Crippen MR) is 193 cm³/mol. The van der Waals surface area contributed by atoms with E-state index in [0.717, 1.165) is 68.2 Å². The number of aryl methyl sites for hydroxylation is 1. The van der Waals surface area contributed by atoms with Gasteiger partial charge in [0.2, 0.25) is 0 Å². The summed E-state index contributed by atoms with van der Waals surface area (Å²) in [6, 6.07) is 12.4. The molecule has 5 atom stereocenters. The molecule has 1 unspecified atom stereocenters. The second-order valence-electron chi connectivity index (χ2n) is 12.5. The maximum Gasteiger partial charge on any atom is 0.168 e. The minimum absolute atomic E-state index is 0.174.